The van der Waals surface area contributed by atoms with Crippen LogP contribution in [0.15, 0.2) is 0 Å². The van der Waals surface area contributed by atoms with E-state index < -0.39 is 10.2 Å². The smallest absolute Gasteiger partial charge is 0.281 e. The van der Waals surface area contributed by atoms with Crippen LogP contribution in [-0.2, 0) is 10.2 Å². The van der Waals surface area contributed by atoms with Gasteiger partial charge in [-0.1, -0.05) is 6.92 Å². The molecule has 0 aromatic heterocycles. The first-order chi connectivity index (χ1) is 8.50. The van der Waals surface area contributed by atoms with Crippen molar-refractivity contribution in [2.45, 2.75) is 25.8 Å². The van der Waals surface area contributed by atoms with E-state index in [1.165, 1.54) is 4.31 Å². The Labute approximate surface area is 115 Å². The van der Waals surface area contributed by atoms with Gasteiger partial charge in [-0.25, -0.2) is 0 Å². The number of hydrogen-bond acceptors (Lipinski definition) is 4. The molecule has 1 aliphatic rings. The molecular formula is C11H25N3O2S2. The van der Waals surface area contributed by atoms with E-state index in [4.69, 9.17) is 0 Å². The average molecular weight is 295 g/mol. The van der Waals surface area contributed by atoms with E-state index in [0.29, 0.717) is 6.54 Å². The van der Waals surface area contributed by atoms with Gasteiger partial charge < -0.3 is 5.32 Å². The van der Waals surface area contributed by atoms with Gasteiger partial charge in [0, 0.05) is 32.4 Å². The van der Waals surface area contributed by atoms with Crippen molar-refractivity contribution < 1.29 is 8.42 Å². The fourth-order valence-electron chi connectivity index (χ4n) is 1.94. The van der Waals surface area contributed by atoms with Crippen molar-refractivity contribution in [1.82, 2.24) is 13.9 Å². The van der Waals surface area contributed by atoms with Gasteiger partial charge in [-0.2, -0.15) is 28.8 Å². The van der Waals surface area contributed by atoms with E-state index in [1.54, 1.807) is 18.4 Å². The minimum absolute atomic E-state index is 0.163. The van der Waals surface area contributed by atoms with Crippen LogP contribution in [-0.4, -0.2) is 68.3 Å². The highest BCUT2D eigenvalue weighted by Gasteiger charge is 2.31. The van der Waals surface area contributed by atoms with Crippen molar-refractivity contribution in [2.75, 3.05) is 45.2 Å². The fourth-order valence-corrected chi connectivity index (χ4v) is 4.65. The lowest BCUT2D eigenvalue weighted by Crippen LogP contribution is -2.45. The van der Waals surface area contributed by atoms with Gasteiger partial charge in [-0.15, -0.1) is 0 Å². The van der Waals surface area contributed by atoms with Crippen molar-refractivity contribution in [2.24, 2.45) is 0 Å². The van der Waals surface area contributed by atoms with Crippen LogP contribution in [0.1, 0.15) is 19.8 Å². The Morgan fingerprint density at radius 3 is 2.67 bits per heavy atom. The van der Waals surface area contributed by atoms with Gasteiger partial charge in [0.2, 0.25) is 0 Å². The molecule has 108 valence electrons. The van der Waals surface area contributed by atoms with Crippen molar-refractivity contribution in [3.05, 3.63) is 0 Å². The maximum atomic E-state index is 12.3. The van der Waals surface area contributed by atoms with Crippen LogP contribution in [0, 0.1) is 0 Å². The summed E-state index contributed by atoms with van der Waals surface area (Å²) in [6, 6.07) is 0.163. The topological polar surface area (TPSA) is 52.7 Å². The standard InChI is InChI=1S/C11H25N3O2S2/c1-4-12-7-5-8-13(2)18(15,16)14(3)11-6-9-17-10-11/h11-12H,4-10H2,1-3H3. The summed E-state index contributed by atoms with van der Waals surface area (Å²) in [5.74, 6) is 1.98. The maximum absolute atomic E-state index is 12.3. The lowest BCUT2D eigenvalue weighted by atomic mass is 10.3. The van der Waals surface area contributed by atoms with Gasteiger partial charge in [0.25, 0.3) is 10.2 Å². The summed E-state index contributed by atoms with van der Waals surface area (Å²) in [5.41, 5.74) is 0. The fraction of sp³-hybridized carbons (Fsp3) is 1.00. The van der Waals surface area contributed by atoms with Crippen LogP contribution in [0.2, 0.25) is 0 Å². The molecule has 1 saturated heterocycles. The molecule has 0 spiro atoms. The Balaban J connectivity index is 2.45. The van der Waals surface area contributed by atoms with Crippen LogP contribution >= 0.6 is 11.8 Å². The van der Waals surface area contributed by atoms with E-state index in [0.717, 1.165) is 37.4 Å². The first-order valence-electron chi connectivity index (χ1n) is 6.48. The summed E-state index contributed by atoms with van der Waals surface area (Å²) in [4.78, 5) is 0. The molecule has 0 amide bonds. The van der Waals surface area contributed by atoms with E-state index in [9.17, 15) is 8.42 Å². The predicted molar refractivity (Wildman–Crippen MR) is 78.2 cm³/mol. The molecule has 1 heterocycles. The summed E-state index contributed by atoms with van der Waals surface area (Å²) in [7, 11) is 0.0836. The van der Waals surface area contributed by atoms with E-state index in [1.807, 2.05) is 18.7 Å². The highest BCUT2D eigenvalue weighted by Crippen LogP contribution is 2.24. The minimum atomic E-state index is -3.28. The van der Waals surface area contributed by atoms with Gasteiger partial charge in [0.1, 0.15) is 0 Å². The molecule has 0 saturated carbocycles. The van der Waals surface area contributed by atoms with Crippen LogP contribution in [0.4, 0.5) is 0 Å². The number of nitrogens with zero attached hydrogens (tertiary/aromatic N) is 2. The molecule has 1 unspecified atom stereocenters. The molecule has 1 rings (SSSR count). The molecule has 1 aliphatic heterocycles. The molecule has 0 aromatic rings. The zero-order valence-corrected chi connectivity index (χ0v) is 13.2. The van der Waals surface area contributed by atoms with Gasteiger partial charge in [0.15, 0.2) is 0 Å². The summed E-state index contributed by atoms with van der Waals surface area (Å²) in [6.07, 6.45) is 1.81. The number of rotatable bonds is 8. The Hall–Kier alpha value is 0.180. The molecule has 5 nitrogen and oxygen atoms in total. The summed E-state index contributed by atoms with van der Waals surface area (Å²) < 4.78 is 27.6. The average Bonchev–Trinajstić information content (AvgIpc) is 2.86. The molecule has 0 aromatic carbocycles. The van der Waals surface area contributed by atoms with E-state index >= 15 is 0 Å². The largest absolute Gasteiger partial charge is 0.317 e. The molecule has 1 fully saturated rings. The molecule has 1 N–H and O–H groups in total. The number of nitrogens with one attached hydrogen (secondary N) is 1. The van der Waals surface area contributed by atoms with Crippen LogP contribution < -0.4 is 5.32 Å². The second-order valence-corrected chi connectivity index (χ2v) is 7.81. The molecule has 0 bridgehead atoms. The second-order valence-electron chi connectivity index (χ2n) is 4.57. The normalized spacial score (nSPS) is 21.1. The predicted octanol–water partition coefficient (Wildman–Crippen LogP) is 0.600. The Morgan fingerprint density at radius 2 is 2.11 bits per heavy atom. The van der Waals surface area contributed by atoms with Gasteiger partial charge in [0.05, 0.1) is 0 Å². The third-order valence-corrected chi connectivity index (χ3v) is 6.40. The van der Waals surface area contributed by atoms with Gasteiger partial charge >= 0.3 is 0 Å². The maximum Gasteiger partial charge on any atom is 0.281 e. The SMILES string of the molecule is CCNCCCN(C)S(=O)(=O)N(C)C1CCSC1. The Bertz CT molecular complexity index is 329. The van der Waals surface area contributed by atoms with Crippen molar-refractivity contribution in [1.29, 1.82) is 0 Å². The number of hydrogen-bond donors (Lipinski definition) is 1. The van der Waals surface area contributed by atoms with Crippen LogP contribution in [0.3, 0.4) is 0 Å². The van der Waals surface area contributed by atoms with Crippen molar-refractivity contribution in [3.63, 3.8) is 0 Å². The molecule has 18 heavy (non-hydrogen) atoms. The van der Waals surface area contributed by atoms with Gasteiger partial charge in [-0.05, 0) is 31.7 Å². The van der Waals surface area contributed by atoms with Crippen molar-refractivity contribution >= 4 is 22.0 Å². The summed E-state index contributed by atoms with van der Waals surface area (Å²) in [6.45, 7) is 4.40. The molecule has 0 radical (unpaired) electrons. The van der Waals surface area contributed by atoms with E-state index in [-0.39, 0.29) is 6.04 Å². The first-order valence-corrected chi connectivity index (χ1v) is 9.03. The lowest BCUT2D eigenvalue weighted by molar-refractivity contribution is 0.346. The monoisotopic (exact) mass is 295 g/mol. The van der Waals surface area contributed by atoms with Gasteiger partial charge in [-0.3, -0.25) is 0 Å². The first kappa shape index (κ1) is 16.2. The summed E-state index contributed by atoms with van der Waals surface area (Å²) in [5, 5.41) is 3.20. The molecule has 7 heteroatoms. The Kier molecular flexibility index (Phi) is 6.94. The zero-order valence-electron chi connectivity index (χ0n) is 11.6. The zero-order chi connectivity index (χ0) is 13.6. The highest BCUT2D eigenvalue weighted by molar-refractivity contribution is 7.99. The van der Waals surface area contributed by atoms with Crippen molar-refractivity contribution in [3.8, 4) is 0 Å². The quantitative estimate of drug-likeness (QED) is 0.666. The highest BCUT2D eigenvalue weighted by atomic mass is 32.2. The molecule has 0 aliphatic carbocycles. The summed E-state index contributed by atoms with van der Waals surface area (Å²) >= 11 is 1.83. The minimum Gasteiger partial charge on any atom is -0.317 e. The molecule has 1 atom stereocenters. The third kappa shape index (κ3) is 4.38. The Morgan fingerprint density at radius 1 is 1.39 bits per heavy atom. The second kappa shape index (κ2) is 7.69. The van der Waals surface area contributed by atoms with E-state index in [2.05, 4.69) is 5.32 Å². The number of thioether (sulfide) groups is 1. The lowest BCUT2D eigenvalue weighted by Gasteiger charge is -2.28. The van der Waals surface area contributed by atoms with Crippen LogP contribution in [0.5, 0.6) is 0 Å². The van der Waals surface area contributed by atoms with Crippen LogP contribution in [0.25, 0.3) is 0 Å². The third-order valence-electron chi connectivity index (χ3n) is 3.25. The molecular weight excluding hydrogens is 270 g/mol.